The van der Waals surface area contributed by atoms with Crippen molar-refractivity contribution in [3.05, 3.63) is 48.0 Å². The lowest BCUT2D eigenvalue weighted by atomic mass is 10.2. The van der Waals surface area contributed by atoms with E-state index in [1.807, 2.05) is 18.2 Å². The number of anilines is 1. The molecule has 6 nitrogen and oxygen atoms in total. The van der Waals surface area contributed by atoms with Gasteiger partial charge in [-0.1, -0.05) is 13.0 Å². The molecule has 0 saturated carbocycles. The number of carbonyl (C=O) groups excluding carboxylic acids is 1. The Morgan fingerprint density at radius 3 is 2.35 bits per heavy atom. The van der Waals surface area contributed by atoms with E-state index in [0.29, 0.717) is 17.2 Å². The SMILES string of the molecule is CCNCc1ccc(OCC(=O)Nc2ccc(OC)cc2)c(OC)c1.Cl. The van der Waals surface area contributed by atoms with Crippen LogP contribution < -0.4 is 24.8 Å². The van der Waals surface area contributed by atoms with Crippen molar-refractivity contribution in [2.75, 3.05) is 32.7 Å². The van der Waals surface area contributed by atoms with Crippen LogP contribution in [0.2, 0.25) is 0 Å². The number of ether oxygens (including phenoxy) is 3. The molecule has 0 radical (unpaired) electrons. The van der Waals surface area contributed by atoms with E-state index in [0.717, 1.165) is 24.4 Å². The summed E-state index contributed by atoms with van der Waals surface area (Å²) in [5, 5.41) is 6.02. The molecule has 0 spiro atoms. The highest BCUT2D eigenvalue weighted by molar-refractivity contribution is 5.91. The lowest BCUT2D eigenvalue weighted by Crippen LogP contribution is -2.20. The van der Waals surface area contributed by atoms with Gasteiger partial charge in [0.15, 0.2) is 18.1 Å². The lowest BCUT2D eigenvalue weighted by molar-refractivity contribution is -0.118. The van der Waals surface area contributed by atoms with Crippen LogP contribution in [0.25, 0.3) is 0 Å². The van der Waals surface area contributed by atoms with Crippen molar-refractivity contribution in [3.8, 4) is 17.2 Å². The predicted octanol–water partition coefficient (Wildman–Crippen LogP) is 3.25. The molecule has 2 rings (SSSR count). The number of nitrogens with one attached hydrogen (secondary N) is 2. The molecule has 0 saturated heterocycles. The molecule has 0 fully saturated rings. The van der Waals surface area contributed by atoms with E-state index in [9.17, 15) is 4.79 Å². The zero-order valence-corrected chi connectivity index (χ0v) is 16.0. The zero-order valence-electron chi connectivity index (χ0n) is 15.2. The van der Waals surface area contributed by atoms with Crippen LogP contribution in [-0.4, -0.2) is 33.3 Å². The van der Waals surface area contributed by atoms with E-state index in [1.165, 1.54) is 0 Å². The zero-order chi connectivity index (χ0) is 18.1. The average Bonchev–Trinajstić information content (AvgIpc) is 2.65. The molecule has 0 bridgehead atoms. The molecule has 0 aliphatic heterocycles. The Bertz CT molecular complexity index is 692. The monoisotopic (exact) mass is 380 g/mol. The molecule has 0 heterocycles. The first-order valence-electron chi connectivity index (χ1n) is 8.10. The van der Waals surface area contributed by atoms with Crippen LogP contribution in [0.5, 0.6) is 17.2 Å². The summed E-state index contributed by atoms with van der Waals surface area (Å²) in [6.07, 6.45) is 0. The first-order valence-corrected chi connectivity index (χ1v) is 8.10. The van der Waals surface area contributed by atoms with Crippen molar-refractivity contribution in [2.24, 2.45) is 0 Å². The molecule has 0 aliphatic carbocycles. The fourth-order valence-corrected chi connectivity index (χ4v) is 2.23. The van der Waals surface area contributed by atoms with Gasteiger partial charge in [-0.15, -0.1) is 12.4 Å². The summed E-state index contributed by atoms with van der Waals surface area (Å²) in [6, 6.07) is 12.8. The van der Waals surface area contributed by atoms with Crippen molar-refractivity contribution in [1.29, 1.82) is 0 Å². The second-order valence-electron chi connectivity index (χ2n) is 5.33. The van der Waals surface area contributed by atoms with Gasteiger partial charge in [0.1, 0.15) is 5.75 Å². The van der Waals surface area contributed by atoms with Gasteiger partial charge in [-0.2, -0.15) is 0 Å². The fraction of sp³-hybridized carbons (Fsp3) is 0.316. The molecule has 0 aliphatic rings. The minimum absolute atomic E-state index is 0. The normalized spacial score (nSPS) is 9.81. The highest BCUT2D eigenvalue weighted by Gasteiger charge is 2.09. The molecule has 2 aromatic carbocycles. The standard InChI is InChI=1S/C19H24N2O4.ClH/c1-4-20-12-14-5-10-17(18(11-14)24-3)25-13-19(22)21-15-6-8-16(23-2)9-7-15;/h5-11,20H,4,12-13H2,1-3H3,(H,21,22);1H. The van der Waals surface area contributed by atoms with Crippen LogP contribution in [0, 0.1) is 0 Å². The first-order chi connectivity index (χ1) is 12.2. The van der Waals surface area contributed by atoms with Crippen LogP contribution in [0.4, 0.5) is 5.69 Å². The van der Waals surface area contributed by atoms with Crippen LogP contribution in [0.3, 0.4) is 0 Å². The van der Waals surface area contributed by atoms with Gasteiger partial charge < -0.3 is 24.8 Å². The Labute approximate surface area is 160 Å². The van der Waals surface area contributed by atoms with Crippen molar-refractivity contribution in [3.63, 3.8) is 0 Å². The van der Waals surface area contributed by atoms with Crippen molar-refractivity contribution in [2.45, 2.75) is 13.5 Å². The Balaban J connectivity index is 0.00000338. The van der Waals surface area contributed by atoms with E-state index >= 15 is 0 Å². The maximum atomic E-state index is 12.0. The number of methoxy groups -OCH3 is 2. The van der Waals surface area contributed by atoms with Gasteiger partial charge in [-0.05, 0) is 48.5 Å². The molecule has 2 N–H and O–H groups in total. The van der Waals surface area contributed by atoms with Gasteiger partial charge in [0.25, 0.3) is 5.91 Å². The molecule has 0 atom stereocenters. The Morgan fingerprint density at radius 1 is 1.00 bits per heavy atom. The molecule has 1 amide bonds. The van der Waals surface area contributed by atoms with Crippen LogP contribution in [-0.2, 0) is 11.3 Å². The minimum atomic E-state index is -0.246. The van der Waals surface area contributed by atoms with Gasteiger partial charge in [-0.25, -0.2) is 0 Å². The summed E-state index contributed by atoms with van der Waals surface area (Å²) in [5.41, 5.74) is 1.77. The number of hydrogen-bond acceptors (Lipinski definition) is 5. The third-order valence-corrected chi connectivity index (χ3v) is 3.54. The Kier molecular flexibility index (Phi) is 9.33. The first kappa shape index (κ1) is 21.6. The third kappa shape index (κ3) is 6.46. The fourth-order valence-electron chi connectivity index (χ4n) is 2.23. The van der Waals surface area contributed by atoms with Gasteiger partial charge >= 0.3 is 0 Å². The molecular weight excluding hydrogens is 356 g/mol. The molecule has 26 heavy (non-hydrogen) atoms. The second kappa shape index (κ2) is 11.2. The molecule has 142 valence electrons. The highest BCUT2D eigenvalue weighted by atomic mass is 35.5. The second-order valence-corrected chi connectivity index (χ2v) is 5.33. The van der Waals surface area contributed by atoms with E-state index in [2.05, 4.69) is 17.6 Å². The number of rotatable bonds is 9. The van der Waals surface area contributed by atoms with Crippen LogP contribution in [0.1, 0.15) is 12.5 Å². The minimum Gasteiger partial charge on any atom is -0.497 e. The van der Waals surface area contributed by atoms with Crippen LogP contribution >= 0.6 is 12.4 Å². The number of amides is 1. The maximum Gasteiger partial charge on any atom is 0.262 e. The van der Waals surface area contributed by atoms with Gasteiger partial charge in [0.2, 0.25) is 0 Å². The molecule has 0 aromatic heterocycles. The number of hydrogen-bond donors (Lipinski definition) is 2. The predicted molar refractivity (Wildman–Crippen MR) is 105 cm³/mol. The lowest BCUT2D eigenvalue weighted by Gasteiger charge is -2.12. The van der Waals surface area contributed by atoms with Gasteiger partial charge in [-0.3, -0.25) is 4.79 Å². The summed E-state index contributed by atoms with van der Waals surface area (Å²) >= 11 is 0. The van der Waals surface area contributed by atoms with Gasteiger partial charge in [0.05, 0.1) is 14.2 Å². The topological polar surface area (TPSA) is 68.8 Å². The summed E-state index contributed by atoms with van der Waals surface area (Å²) in [4.78, 5) is 12.0. The maximum absolute atomic E-state index is 12.0. The highest BCUT2D eigenvalue weighted by Crippen LogP contribution is 2.28. The molecular formula is C19H25ClN2O4. The summed E-state index contributed by atoms with van der Waals surface area (Å²) in [7, 11) is 3.18. The third-order valence-electron chi connectivity index (χ3n) is 3.54. The largest absolute Gasteiger partial charge is 0.497 e. The Morgan fingerprint density at radius 2 is 1.73 bits per heavy atom. The smallest absolute Gasteiger partial charge is 0.262 e. The van der Waals surface area contributed by atoms with Crippen molar-refractivity contribution >= 4 is 24.0 Å². The molecule has 2 aromatic rings. The van der Waals surface area contributed by atoms with E-state index in [4.69, 9.17) is 14.2 Å². The number of halogens is 1. The summed E-state index contributed by atoms with van der Waals surface area (Å²) < 4.78 is 16.0. The summed E-state index contributed by atoms with van der Waals surface area (Å²) in [6.45, 7) is 3.60. The molecule has 7 heteroatoms. The van der Waals surface area contributed by atoms with Crippen LogP contribution in [0.15, 0.2) is 42.5 Å². The van der Waals surface area contributed by atoms with E-state index < -0.39 is 0 Å². The number of carbonyl (C=O) groups is 1. The molecule has 0 unspecified atom stereocenters. The quantitative estimate of drug-likeness (QED) is 0.698. The van der Waals surface area contributed by atoms with Crippen molar-refractivity contribution in [1.82, 2.24) is 5.32 Å². The Hall–Kier alpha value is -2.44. The summed E-state index contributed by atoms with van der Waals surface area (Å²) in [5.74, 6) is 1.63. The van der Waals surface area contributed by atoms with Crippen molar-refractivity contribution < 1.29 is 19.0 Å². The van der Waals surface area contributed by atoms with E-state index in [-0.39, 0.29) is 24.9 Å². The average molecular weight is 381 g/mol. The van der Waals surface area contributed by atoms with Gasteiger partial charge in [0, 0.05) is 12.2 Å². The van der Waals surface area contributed by atoms with E-state index in [1.54, 1.807) is 38.5 Å². The number of benzene rings is 2.